The number of carbonyl (C=O) groups is 2. The Balaban J connectivity index is 2.39. The zero-order chi connectivity index (χ0) is 14.6. The highest BCUT2D eigenvalue weighted by Crippen LogP contribution is 2.34. The number of piperidine rings is 1. The van der Waals surface area contributed by atoms with Gasteiger partial charge < -0.3 is 10.0 Å². The normalized spacial score (nSPS) is 19.3. The van der Waals surface area contributed by atoms with E-state index in [9.17, 15) is 22.8 Å². The first kappa shape index (κ1) is 15.8. The van der Waals surface area contributed by atoms with Crippen LogP contribution in [0.4, 0.5) is 13.2 Å². The Morgan fingerprint density at radius 2 is 1.79 bits per heavy atom. The summed E-state index contributed by atoms with van der Waals surface area (Å²) >= 11 is 0. The van der Waals surface area contributed by atoms with Crippen LogP contribution in [-0.2, 0) is 9.59 Å². The Bertz CT molecular complexity index is 336. The standard InChI is InChI=1S/C12H18F3NO3/c1-8(7-11(18)19)6-10(17)16-4-2-9(3-5-16)12(13,14)15/h8-9H,2-7H2,1H3,(H,18,19). The molecule has 19 heavy (non-hydrogen) atoms. The first-order valence-electron chi connectivity index (χ1n) is 6.26. The predicted molar refractivity (Wildman–Crippen MR) is 61.4 cm³/mol. The molecule has 0 aromatic heterocycles. The lowest BCUT2D eigenvalue weighted by Gasteiger charge is -2.33. The summed E-state index contributed by atoms with van der Waals surface area (Å²) in [6, 6.07) is 0. The predicted octanol–water partition coefficient (Wildman–Crippen LogP) is 2.29. The van der Waals surface area contributed by atoms with Gasteiger partial charge in [-0.05, 0) is 18.8 Å². The van der Waals surface area contributed by atoms with Crippen molar-refractivity contribution in [2.24, 2.45) is 11.8 Å². The fourth-order valence-corrected chi connectivity index (χ4v) is 2.25. The molecule has 0 radical (unpaired) electrons. The molecule has 1 N–H and O–H groups in total. The maximum atomic E-state index is 12.5. The van der Waals surface area contributed by atoms with Crippen LogP contribution in [-0.4, -0.2) is 41.1 Å². The van der Waals surface area contributed by atoms with Crippen LogP contribution in [0.5, 0.6) is 0 Å². The molecule has 110 valence electrons. The van der Waals surface area contributed by atoms with E-state index in [0.717, 1.165) is 0 Å². The maximum Gasteiger partial charge on any atom is 0.391 e. The molecular formula is C12H18F3NO3. The molecule has 0 bridgehead atoms. The second-order valence-electron chi connectivity index (χ2n) is 5.10. The summed E-state index contributed by atoms with van der Waals surface area (Å²) < 4.78 is 37.4. The average Bonchev–Trinajstić information content (AvgIpc) is 2.26. The third kappa shape index (κ3) is 5.08. The van der Waals surface area contributed by atoms with Crippen LogP contribution in [0.3, 0.4) is 0 Å². The Hall–Kier alpha value is -1.27. The highest BCUT2D eigenvalue weighted by molar-refractivity contribution is 5.77. The number of carboxylic acids is 1. The Morgan fingerprint density at radius 3 is 2.21 bits per heavy atom. The van der Waals surface area contributed by atoms with Crippen LogP contribution < -0.4 is 0 Å². The van der Waals surface area contributed by atoms with E-state index in [0.29, 0.717) is 0 Å². The van der Waals surface area contributed by atoms with Crippen molar-refractivity contribution < 1.29 is 27.9 Å². The van der Waals surface area contributed by atoms with Gasteiger partial charge in [0.1, 0.15) is 0 Å². The Kier molecular flexibility index (Phi) is 5.20. The third-order valence-corrected chi connectivity index (χ3v) is 3.36. The zero-order valence-corrected chi connectivity index (χ0v) is 10.7. The van der Waals surface area contributed by atoms with Gasteiger partial charge in [-0.3, -0.25) is 9.59 Å². The second kappa shape index (κ2) is 6.25. The number of halogens is 3. The van der Waals surface area contributed by atoms with Gasteiger partial charge in [0.2, 0.25) is 5.91 Å². The number of likely N-dealkylation sites (tertiary alicyclic amines) is 1. The van der Waals surface area contributed by atoms with Gasteiger partial charge in [-0.15, -0.1) is 0 Å². The second-order valence-corrected chi connectivity index (χ2v) is 5.10. The van der Waals surface area contributed by atoms with Crippen LogP contribution in [0.15, 0.2) is 0 Å². The molecule has 1 aliphatic rings. The highest BCUT2D eigenvalue weighted by atomic mass is 19.4. The first-order valence-corrected chi connectivity index (χ1v) is 6.26. The number of hydrogen-bond donors (Lipinski definition) is 1. The van der Waals surface area contributed by atoms with Crippen molar-refractivity contribution in [2.45, 2.75) is 38.8 Å². The number of alkyl halides is 3. The van der Waals surface area contributed by atoms with Gasteiger partial charge in [0.25, 0.3) is 0 Å². The summed E-state index contributed by atoms with van der Waals surface area (Å²) in [5.41, 5.74) is 0. The molecule has 1 heterocycles. The van der Waals surface area contributed by atoms with E-state index < -0.39 is 18.1 Å². The lowest BCUT2D eigenvalue weighted by atomic mass is 9.95. The minimum atomic E-state index is -4.19. The zero-order valence-electron chi connectivity index (χ0n) is 10.7. The largest absolute Gasteiger partial charge is 0.481 e. The van der Waals surface area contributed by atoms with E-state index in [-0.39, 0.29) is 50.6 Å². The molecule has 1 rings (SSSR count). The molecule has 0 aliphatic carbocycles. The van der Waals surface area contributed by atoms with E-state index >= 15 is 0 Å². The number of rotatable bonds is 4. The Morgan fingerprint density at radius 1 is 1.26 bits per heavy atom. The molecule has 7 heteroatoms. The van der Waals surface area contributed by atoms with Gasteiger partial charge in [0.05, 0.1) is 5.92 Å². The van der Waals surface area contributed by atoms with Crippen molar-refractivity contribution >= 4 is 11.9 Å². The number of aliphatic carboxylic acids is 1. The molecule has 1 saturated heterocycles. The third-order valence-electron chi connectivity index (χ3n) is 3.36. The summed E-state index contributed by atoms with van der Waals surface area (Å²) in [6.07, 6.45) is -4.36. The summed E-state index contributed by atoms with van der Waals surface area (Å²) in [4.78, 5) is 23.7. The SMILES string of the molecule is CC(CC(=O)O)CC(=O)N1CCC(C(F)(F)F)CC1. The molecule has 0 aromatic carbocycles. The summed E-state index contributed by atoms with van der Waals surface area (Å²) in [6.45, 7) is 1.85. The summed E-state index contributed by atoms with van der Waals surface area (Å²) in [7, 11) is 0. The molecule has 1 fully saturated rings. The molecule has 1 aliphatic heterocycles. The van der Waals surface area contributed by atoms with Crippen LogP contribution in [0.25, 0.3) is 0 Å². The summed E-state index contributed by atoms with van der Waals surface area (Å²) in [5, 5.41) is 8.58. The topological polar surface area (TPSA) is 57.6 Å². The van der Waals surface area contributed by atoms with E-state index in [1.165, 1.54) is 4.90 Å². The van der Waals surface area contributed by atoms with Crippen LogP contribution >= 0.6 is 0 Å². The van der Waals surface area contributed by atoms with Crippen LogP contribution in [0, 0.1) is 11.8 Å². The van der Waals surface area contributed by atoms with Gasteiger partial charge in [-0.25, -0.2) is 0 Å². The number of nitrogens with zero attached hydrogens (tertiary/aromatic N) is 1. The quantitative estimate of drug-likeness (QED) is 0.860. The van der Waals surface area contributed by atoms with Gasteiger partial charge in [0, 0.05) is 25.9 Å². The number of hydrogen-bond acceptors (Lipinski definition) is 2. The molecule has 0 aromatic rings. The number of carboxylic acid groups (broad SMARTS) is 1. The monoisotopic (exact) mass is 281 g/mol. The van der Waals surface area contributed by atoms with Crippen molar-refractivity contribution in [3.05, 3.63) is 0 Å². The smallest absolute Gasteiger partial charge is 0.391 e. The average molecular weight is 281 g/mol. The van der Waals surface area contributed by atoms with Gasteiger partial charge >= 0.3 is 12.1 Å². The van der Waals surface area contributed by atoms with Gasteiger partial charge in [-0.1, -0.05) is 6.92 Å². The lowest BCUT2D eigenvalue weighted by Crippen LogP contribution is -2.42. The van der Waals surface area contributed by atoms with Gasteiger partial charge in [-0.2, -0.15) is 13.2 Å². The van der Waals surface area contributed by atoms with E-state index in [1.807, 2.05) is 0 Å². The fourth-order valence-electron chi connectivity index (χ4n) is 2.25. The van der Waals surface area contributed by atoms with E-state index in [4.69, 9.17) is 5.11 Å². The molecule has 0 spiro atoms. The highest BCUT2D eigenvalue weighted by Gasteiger charge is 2.41. The lowest BCUT2D eigenvalue weighted by molar-refractivity contribution is -0.186. The molecular weight excluding hydrogens is 263 g/mol. The van der Waals surface area contributed by atoms with Crippen molar-refractivity contribution in [1.82, 2.24) is 4.90 Å². The maximum absolute atomic E-state index is 12.5. The number of carbonyl (C=O) groups excluding carboxylic acids is 1. The van der Waals surface area contributed by atoms with Crippen molar-refractivity contribution in [2.75, 3.05) is 13.1 Å². The van der Waals surface area contributed by atoms with Crippen molar-refractivity contribution in [3.63, 3.8) is 0 Å². The van der Waals surface area contributed by atoms with E-state index in [1.54, 1.807) is 6.92 Å². The van der Waals surface area contributed by atoms with Crippen molar-refractivity contribution in [1.29, 1.82) is 0 Å². The molecule has 0 saturated carbocycles. The van der Waals surface area contributed by atoms with Gasteiger partial charge in [0.15, 0.2) is 0 Å². The molecule has 1 unspecified atom stereocenters. The van der Waals surface area contributed by atoms with Crippen molar-refractivity contribution in [3.8, 4) is 0 Å². The molecule has 4 nitrogen and oxygen atoms in total. The minimum Gasteiger partial charge on any atom is -0.481 e. The van der Waals surface area contributed by atoms with Crippen LogP contribution in [0.2, 0.25) is 0 Å². The first-order chi connectivity index (χ1) is 8.70. The fraction of sp³-hybridized carbons (Fsp3) is 0.833. The molecule has 1 atom stereocenters. The Labute approximate surface area is 109 Å². The minimum absolute atomic E-state index is 0.0669. The number of amides is 1. The summed E-state index contributed by atoms with van der Waals surface area (Å²) in [5.74, 6) is -2.86. The molecule has 1 amide bonds. The van der Waals surface area contributed by atoms with E-state index in [2.05, 4.69) is 0 Å². The van der Waals surface area contributed by atoms with Crippen LogP contribution in [0.1, 0.15) is 32.6 Å².